The first-order chi connectivity index (χ1) is 7.88. The van der Waals surface area contributed by atoms with Crippen LogP contribution in [0.4, 0.5) is 19.0 Å². The van der Waals surface area contributed by atoms with E-state index in [4.69, 9.17) is 5.73 Å². The molecular formula is C9H8F3N5. The SMILES string of the molecule is Cn1nc(C(F)(F)F)cc1-c1cnc(N)cn1. The Labute approximate surface area is 94.1 Å². The molecule has 0 bridgehead atoms. The molecule has 0 aromatic carbocycles. The maximum atomic E-state index is 12.4. The van der Waals surface area contributed by atoms with E-state index in [-0.39, 0.29) is 17.2 Å². The molecule has 0 saturated carbocycles. The molecule has 90 valence electrons. The van der Waals surface area contributed by atoms with Crippen LogP contribution in [0.3, 0.4) is 0 Å². The summed E-state index contributed by atoms with van der Waals surface area (Å²) >= 11 is 0. The van der Waals surface area contributed by atoms with E-state index in [2.05, 4.69) is 15.1 Å². The zero-order valence-corrected chi connectivity index (χ0v) is 8.73. The van der Waals surface area contributed by atoms with Gasteiger partial charge < -0.3 is 5.73 Å². The molecule has 0 spiro atoms. The molecule has 17 heavy (non-hydrogen) atoms. The van der Waals surface area contributed by atoms with Gasteiger partial charge in [-0.25, -0.2) is 9.97 Å². The summed E-state index contributed by atoms with van der Waals surface area (Å²) in [7, 11) is 1.41. The molecule has 0 radical (unpaired) electrons. The van der Waals surface area contributed by atoms with Gasteiger partial charge in [0.05, 0.1) is 18.1 Å². The molecule has 2 heterocycles. The van der Waals surface area contributed by atoms with Gasteiger partial charge in [0, 0.05) is 7.05 Å². The van der Waals surface area contributed by atoms with Gasteiger partial charge in [0.1, 0.15) is 11.5 Å². The monoisotopic (exact) mass is 243 g/mol. The van der Waals surface area contributed by atoms with Gasteiger partial charge >= 0.3 is 6.18 Å². The van der Waals surface area contributed by atoms with Gasteiger partial charge in [0.2, 0.25) is 0 Å². The molecule has 0 atom stereocenters. The lowest BCUT2D eigenvalue weighted by molar-refractivity contribution is -0.141. The van der Waals surface area contributed by atoms with Gasteiger partial charge in [-0.3, -0.25) is 4.68 Å². The summed E-state index contributed by atoms with van der Waals surface area (Å²) in [4.78, 5) is 7.65. The number of halogens is 3. The summed E-state index contributed by atoms with van der Waals surface area (Å²) in [5.41, 5.74) is 4.89. The zero-order valence-electron chi connectivity index (χ0n) is 8.73. The predicted molar refractivity (Wildman–Crippen MR) is 53.6 cm³/mol. The average Bonchev–Trinajstić information content (AvgIpc) is 2.61. The number of rotatable bonds is 1. The zero-order chi connectivity index (χ0) is 12.6. The van der Waals surface area contributed by atoms with Crippen molar-refractivity contribution in [2.24, 2.45) is 7.05 Å². The summed E-state index contributed by atoms with van der Waals surface area (Å²) < 4.78 is 38.4. The Hall–Kier alpha value is -2.12. The number of aryl methyl sites for hydroxylation is 1. The molecule has 0 fully saturated rings. The van der Waals surface area contributed by atoms with Crippen molar-refractivity contribution in [3.05, 3.63) is 24.2 Å². The quantitative estimate of drug-likeness (QED) is 0.823. The van der Waals surface area contributed by atoms with Crippen LogP contribution in [0.2, 0.25) is 0 Å². The third kappa shape index (κ3) is 2.19. The second-order valence-corrected chi connectivity index (χ2v) is 3.36. The van der Waals surface area contributed by atoms with E-state index in [0.29, 0.717) is 0 Å². The van der Waals surface area contributed by atoms with Crippen molar-refractivity contribution in [3.63, 3.8) is 0 Å². The van der Waals surface area contributed by atoms with Gasteiger partial charge in [-0.05, 0) is 6.07 Å². The van der Waals surface area contributed by atoms with Crippen LogP contribution < -0.4 is 5.73 Å². The Balaban J connectivity index is 2.46. The van der Waals surface area contributed by atoms with Crippen molar-refractivity contribution in [1.82, 2.24) is 19.7 Å². The molecule has 0 aliphatic rings. The van der Waals surface area contributed by atoms with Crippen molar-refractivity contribution in [3.8, 4) is 11.4 Å². The smallest absolute Gasteiger partial charge is 0.382 e. The average molecular weight is 243 g/mol. The highest BCUT2D eigenvalue weighted by Crippen LogP contribution is 2.30. The first-order valence-corrected chi connectivity index (χ1v) is 4.57. The lowest BCUT2D eigenvalue weighted by atomic mass is 10.3. The number of anilines is 1. The van der Waals surface area contributed by atoms with E-state index in [1.54, 1.807) is 0 Å². The van der Waals surface area contributed by atoms with Crippen LogP contribution in [-0.4, -0.2) is 19.7 Å². The lowest BCUT2D eigenvalue weighted by Crippen LogP contribution is -2.06. The number of hydrogen-bond acceptors (Lipinski definition) is 4. The molecule has 2 aromatic heterocycles. The second-order valence-electron chi connectivity index (χ2n) is 3.36. The van der Waals surface area contributed by atoms with Crippen LogP contribution in [0.15, 0.2) is 18.5 Å². The summed E-state index contributed by atoms with van der Waals surface area (Å²) in [6.45, 7) is 0. The largest absolute Gasteiger partial charge is 0.435 e. The third-order valence-corrected chi connectivity index (χ3v) is 2.10. The van der Waals surface area contributed by atoms with Crippen molar-refractivity contribution in [2.45, 2.75) is 6.18 Å². The van der Waals surface area contributed by atoms with E-state index in [1.165, 1.54) is 19.4 Å². The fourth-order valence-corrected chi connectivity index (χ4v) is 1.32. The molecule has 0 aliphatic heterocycles. The number of nitrogens with two attached hydrogens (primary N) is 1. The minimum Gasteiger partial charge on any atom is -0.382 e. The van der Waals surface area contributed by atoms with Crippen molar-refractivity contribution in [2.75, 3.05) is 5.73 Å². The summed E-state index contributed by atoms with van der Waals surface area (Å²) in [5.74, 6) is 0.201. The molecule has 2 N–H and O–H groups in total. The van der Waals surface area contributed by atoms with E-state index >= 15 is 0 Å². The summed E-state index contributed by atoms with van der Waals surface area (Å²) in [6.07, 6.45) is -1.90. The fraction of sp³-hybridized carbons (Fsp3) is 0.222. The standard InChI is InChI=1S/C9H8F3N5/c1-17-6(2-7(16-17)9(10,11)12)5-3-15-8(13)4-14-5/h2-4H,1H3,(H2,13,15). The van der Waals surface area contributed by atoms with Crippen LogP contribution in [-0.2, 0) is 13.2 Å². The first kappa shape index (κ1) is 11.4. The molecule has 0 amide bonds. The minimum atomic E-state index is -4.47. The molecule has 8 heteroatoms. The minimum absolute atomic E-state index is 0.201. The van der Waals surface area contributed by atoms with E-state index in [1.807, 2.05) is 0 Å². The molecule has 2 aromatic rings. The Morgan fingerprint density at radius 2 is 1.94 bits per heavy atom. The van der Waals surface area contributed by atoms with Gasteiger partial charge in [-0.1, -0.05) is 0 Å². The van der Waals surface area contributed by atoms with Crippen LogP contribution in [0.5, 0.6) is 0 Å². The van der Waals surface area contributed by atoms with Gasteiger partial charge in [-0.2, -0.15) is 18.3 Å². The van der Waals surface area contributed by atoms with Crippen LogP contribution in [0.1, 0.15) is 5.69 Å². The Bertz CT molecular complexity index is 529. The third-order valence-electron chi connectivity index (χ3n) is 2.10. The Morgan fingerprint density at radius 3 is 2.41 bits per heavy atom. The van der Waals surface area contributed by atoms with E-state index in [0.717, 1.165) is 10.7 Å². The fourth-order valence-electron chi connectivity index (χ4n) is 1.32. The molecule has 0 saturated heterocycles. The van der Waals surface area contributed by atoms with E-state index in [9.17, 15) is 13.2 Å². The van der Waals surface area contributed by atoms with Crippen LogP contribution >= 0.6 is 0 Å². The number of nitrogens with zero attached hydrogens (tertiary/aromatic N) is 4. The van der Waals surface area contributed by atoms with Crippen molar-refractivity contribution >= 4 is 5.82 Å². The number of nitrogen functional groups attached to an aromatic ring is 1. The van der Waals surface area contributed by atoms with Crippen molar-refractivity contribution in [1.29, 1.82) is 0 Å². The number of alkyl halides is 3. The van der Waals surface area contributed by atoms with Gasteiger partial charge in [0.25, 0.3) is 0 Å². The Morgan fingerprint density at radius 1 is 1.24 bits per heavy atom. The molecule has 0 aliphatic carbocycles. The number of hydrogen-bond donors (Lipinski definition) is 1. The Kier molecular flexibility index (Phi) is 2.49. The summed E-state index contributed by atoms with van der Waals surface area (Å²) in [6, 6.07) is 0.917. The maximum absolute atomic E-state index is 12.4. The van der Waals surface area contributed by atoms with Crippen LogP contribution in [0.25, 0.3) is 11.4 Å². The lowest BCUT2D eigenvalue weighted by Gasteiger charge is -1.99. The normalized spacial score (nSPS) is 11.8. The highest BCUT2D eigenvalue weighted by Gasteiger charge is 2.34. The molecular weight excluding hydrogens is 235 g/mol. The topological polar surface area (TPSA) is 69.6 Å². The maximum Gasteiger partial charge on any atom is 0.435 e. The molecule has 2 rings (SSSR count). The van der Waals surface area contributed by atoms with E-state index < -0.39 is 11.9 Å². The summed E-state index contributed by atoms with van der Waals surface area (Å²) in [5, 5.41) is 3.37. The van der Waals surface area contributed by atoms with Gasteiger partial charge in [-0.15, -0.1) is 0 Å². The predicted octanol–water partition coefficient (Wildman–Crippen LogP) is 1.48. The van der Waals surface area contributed by atoms with Crippen molar-refractivity contribution < 1.29 is 13.2 Å². The first-order valence-electron chi connectivity index (χ1n) is 4.57. The highest BCUT2D eigenvalue weighted by atomic mass is 19.4. The van der Waals surface area contributed by atoms with Crippen LogP contribution in [0, 0.1) is 0 Å². The second kappa shape index (κ2) is 3.72. The molecule has 0 unspecified atom stereocenters. The number of aromatic nitrogens is 4. The van der Waals surface area contributed by atoms with Gasteiger partial charge in [0.15, 0.2) is 5.69 Å². The highest BCUT2D eigenvalue weighted by molar-refractivity contribution is 5.54. The molecule has 5 nitrogen and oxygen atoms in total.